The highest BCUT2D eigenvalue weighted by Gasteiger charge is 2.35. The fourth-order valence-electron chi connectivity index (χ4n) is 2.65. The van der Waals surface area contributed by atoms with Gasteiger partial charge < -0.3 is 4.74 Å². The molecule has 1 aromatic carbocycles. The van der Waals surface area contributed by atoms with Crippen molar-refractivity contribution >= 4 is 21.6 Å². The van der Waals surface area contributed by atoms with E-state index in [0.29, 0.717) is 37.6 Å². The van der Waals surface area contributed by atoms with E-state index >= 15 is 0 Å². The Labute approximate surface area is 125 Å². The first kappa shape index (κ1) is 15.8. The summed E-state index contributed by atoms with van der Waals surface area (Å²) in [4.78, 5) is 0. The number of hydrogen-bond acceptors (Lipinski definition) is 3. The third kappa shape index (κ3) is 3.95. The second-order valence-corrected chi connectivity index (χ2v) is 7.46. The van der Waals surface area contributed by atoms with Gasteiger partial charge in [0.25, 0.3) is 0 Å². The number of hydrogen-bond donors (Lipinski definition) is 1. The maximum Gasteiger partial charge on any atom is 0.214 e. The lowest BCUT2D eigenvalue weighted by molar-refractivity contribution is 0.0570. The summed E-state index contributed by atoms with van der Waals surface area (Å²) < 4.78 is 32.6. The zero-order valence-corrected chi connectivity index (χ0v) is 13.1. The molecular formula is C14H20ClNO3S. The van der Waals surface area contributed by atoms with Crippen molar-refractivity contribution in [2.45, 2.75) is 25.0 Å². The summed E-state index contributed by atoms with van der Waals surface area (Å²) in [6, 6.07) is 7.55. The third-order valence-corrected chi connectivity index (χ3v) is 5.88. The minimum absolute atomic E-state index is 0.0359. The van der Waals surface area contributed by atoms with E-state index in [1.807, 2.05) is 24.3 Å². The lowest BCUT2D eigenvalue weighted by atomic mass is 9.94. The molecule has 20 heavy (non-hydrogen) atoms. The molecule has 1 saturated heterocycles. The van der Waals surface area contributed by atoms with E-state index < -0.39 is 15.3 Å². The summed E-state index contributed by atoms with van der Waals surface area (Å²) in [7, 11) is -3.28. The normalized spacial score (nSPS) is 23.7. The van der Waals surface area contributed by atoms with Gasteiger partial charge in [-0.1, -0.05) is 30.7 Å². The van der Waals surface area contributed by atoms with Gasteiger partial charge in [-0.3, -0.25) is 0 Å². The van der Waals surface area contributed by atoms with E-state index in [2.05, 4.69) is 4.72 Å². The summed E-state index contributed by atoms with van der Waals surface area (Å²) >= 11 is 5.98. The summed E-state index contributed by atoms with van der Waals surface area (Å²) in [6.07, 6.45) is 1.20. The molecule has 0 amide bonds. The van der Waals surface area contributed by atoms with Crippen molar-refractivity contribution in [2.24, 2.45) is 5.92 Å². The monoisotopic (exact) mass is 317 g/mol. The van der Waals surface area contributed by atoms with Crippen LogP contribution in [0.2, 0.25) is 5.02 Å². The molecule has 1 heterocycles. The predicted molar refractivity (Wildman–Crippen MR) is 80.5 cm³/mol. The molecule has 0 radical (unpaired) electrons. The van der Waals surface area contributed by atoms with Crippen LogP contribution in [-0.4, -0.2) is 33.4 Å². The predicted octanol–water partition coefficient (Wildman–Crippen LogP) is 2.23. The summed E-state index contributed by atoms with van der Waals surface area (Å²) in [5.74, 6) is -0.0359. The summed E-state index contributed by atoms with van der Waals surface area (Å²) in [5, 5.41) is 0.278. The third-order valence-electron chi connectivity index (χ3n) is 3.54. The number of sulfonamides is 1. The molecule has 112 valence electrons. The standard InChI is InChI=1S/C14H20ClNO3S/c1-2-16-20(17,18)14-6-7-19-10-12(14)8-11-4-3-5-13(15)9-11/h3-5,9,12,14,16H,2,6-8,10H2,1H3/t12-,14-/m1/s1. The van der Waals surface area contributed by atoms with Gasteiger partial charge in [0.05, 0.1) is 11.9 Å². The van der Waals surface area contributed by atoms with Crippen molar-refractivity contribution in [1.82, 2.24) is 4.72 Å². The molecule has 1 aromatic rings. The Morgan fingerprint density at radius 1 is 1.45 bits per heavy atom. The van der Waals surface area contributed by atoms with Crippen LogP contribution in [0, 0.1) is 5.92 Å². The van der Waals surface area contributed by atoms with E-state index in [9.17, 15) is 8.42 Å². The van der Waals surface area contributed by atoms with Gasteiger partial charge in [-0.15, -0.1) is 0 Å². The van der Waals surface area contributed by atoms with Crippen LogP contribution in [-0.2, 0) is 21.2 Å². The molecule has 0 saturated carbocycles. The van der Waals surface area contributed by atoms with Gasteiger partial charge in [0.2, 0.25) is 10.0 Å². The minimum atomic E-state index is -3.28. The Hall–Kier alpha value is -0.620. The van der Waals surface area contributed by atoms with E-state index in [1.54, 1.807) is 6.92 Å². The maximum absolute atomic E-state index is 12.3. The largest absolute Gasteiger partial charge is 0.381 e. The molecule has 2 rings (SSSR count). The molecule has 1 aliphatic rings. The average Bonchev–Trinajstić information content (AvgIpc) is 2.39. The van der Waals surface area contributed by atoms with Gasteiger partial charge in [-0.25, -0.2) is 13.1 Å². The molecular weight excluding hydrogens is 298 g/mol. The number of halogens is 1. The minimum Gasteiger partial charge on any atom is -0.381 e. The molecule has 1 N–H and O–H groups in total. The van der Waals surface area contributed by atoms with Crippen LogP contribution in [0.3, 0.4) is 0 Å². The van der Waals surface area contributed by atoms with Gasteiger partial charge in [0, 0.05) is 24.1 Å². The number of benzene rings is 1. The van der Waals surface area contributed by atoms with Crippen LogP contribution in [0.5, 0.6) is 0 Å². The van der Waals surface area contributed by atoms with Gasteiger partial charge in [-0.2, -0.15) is 0 Å². The van der Waals surface area contributed by atoms with E-state index in [1.165, 1.54) is 0 Å². The zero-order valence-electron chi connectivity index (χ0n) is 11.5. The van der Waals surface area contributed by atoms with E-state index in [4.69, 9.17) is 16.3 Å². The summed E-state index contributed by atoms with van der Waals surface area (Å²) in [6.45, 7) is 3.19. The Kier molecular flexibility index (Phi) is 5.43. The van der Waals surface area contributed by atoms with Crippen LogP contribution >= 0.6 is 11.6 Å². The fraction of sp³-hybridized carbons (Fsp3) is 0.571. The Morgan fingerprint density at radius 2 is 2.25 bits per heavy atom. The SMILES string of the molecule is CCNS(=O)(=O)[C@@H]1CCOC[C@H]1Cc1cccc(Cl)c1. The topological polar surface area (TPSA) is 55.4 Å². The molecule has 1 fully saturated rings. The highest BCUT2D eigenvalue weighted by Crippen LogP contribution is 2.26. The molecule has 1 aliphatic heterocycles. The number of rotatable bonds is 5. The average molecular weight is 318 g/mol. The van der Waals surface area contributed by atoms with E-state index in [0.717, 1.165) is 5.56 Å². The fourth-order valence-corrected chi connectivity index (χ4v) is 4.57. The van der Waals surface area contributed by atoms with Crippen molar-refractivity contribution in [3.63, 3.8) is 0 Å². The molecule has 0 bridgehead atoms. The first-order valence-corrected chi connectivity index (χ1v) is 8.76. The van der Waals surface area contributed by atoms with Crippen LogP contribution in [0.15, 0.2) is 24.3 Å². The maximum atomic E-state index is 12.3. The smallest absolute Gasteiger partial charge is 0.214 e. The van der Waals surface area contributed by atoms with E-state index in [-0.39, 0.29) is 5.92 Å². The Bertz CT molecular complexity index is 547. The van der Waals surface area contributed by atoms with Gasteiger partial charge >= 0.3 is 0 Å². The lowest BCUT2D eigenvalue weighted by Crippen LogP contribution is -2.44. The van der Waals surface area contributed by atoms with Crippen LogP contribution in [0.4, 0.5) is 0 Å². The van der Waals surface area contributed by atoms with Crippen LogP contribution in [0.25, 0.3) is 0 Å². The van der Waals surface area contributed by atoms with Crippen molar-refractivity contribution < 1.29 is 13.2 Å². The molecule has 0 unspecified atom stereocenters. The second-order valence-electron chi connectivity index (χ2n) is 5.04. The lowest BCUT2D eigenvalue weighted by Gasteiger charge is -2.31. The van der Waals surface area contributed by atoms with Gasteiger partial charge in [-0.05, 0) is 30.5 Å². The Balaban J connectivity index is 2.15. The highest BCUT2D eigenvalue weighted by molar-refractivity contribution is 7.90. The molecule has 0 spiro atoms. The van der Waals surface area contributed by atoms with Crippen molar-refractivity contribution in [3.8, 4) is 0 Å². The second kappa shape index (κ2) is 6.89. The first-order chi connectivity index (χ1) is 9.53. The molecule has 0 aromatic heterocycles. The molecule has 4 nitrogen and oxygen atoms in total. The van der Waals surface area contributed by atoms with Crippen molar-refractivity contribution in [3.05, 3.63) is 34.9 Å². The first-order valence-electron chi connectivity index (χ1n) is 6.83. The zero-order chi connectivity index (χ0) is 14.6. The van der Waals surface area contributed by atoms with Gasteiger partial charge in [0.15, 0.2) is 0 Å². The van der Waals surface area contributed by atoms with Gasteiger partial charge in [0.1, 0.15) is 0 Å². The van der Waals surface area contributed by atoms with Crippen LogP contribution < -0.4 is 4.72 Å². The quantitative estimate of drug-likeness (QED) is 0.906. The molecule has 2 atom stereocenters. The number of nitrogens with one attached hydrogen (secondary N) is 1. The summed E-state index contributed by atoms with van der Waals surface area (Å²) in [5.41, 5.74) is 1.05. The molecule has 0 aliphatic carbocycles. The van der Waals surface area contributed by atoms with Crippen molar-refractivity contribution in [2.75, 3.05) is 19.8 Å². The molecule has 6 heteroatoms. The van der Waals surface area contributed by atoms with Crippen LogP contribution in [0.1, 0.15) is 18.9 Å². The number of ether oxygens (including phenoxy) is 1. The highest BCUT2D eigenvalue weighted by atomic mass is 35.5. The van der Waals surface area contributed by atoms with Crippen molar-refractivity contribution in [1.29, 1.82) is 0 Å². The Morgan fingerprint density at radius 3 is 2.95 bits per heavy atom.